The first-order chi connectivity index (χ1) is 12.7. The molecule has 0 atom stereocenters. The number of nitrogens with zero attached hydrogens (tertiary/aromatic N) is 3. The summed E-state index contributed by atoms with van der Waals surface area (Å²) in [6.45, 7) is 6.98. The van der Waals surface area contributed by atoms with Crippen molar-refractivity contribution >= 4 is 17.3 Å². The van der Waals surface area contributed by atoms with E-state index in [9.17, 15) is 4.79 Å². The molecule has 0 amide bonds. The number of benzene rings is 1. The van der Waals surface area contributed by atoms with Gasteiger partial charge in [0, 0.05) is 50.9 Å². The minimum absolute atomic E-state index is 0.118. The van der Waals surface area contributed by atoms with Gasteiger partial charge < -0.3 is 15.4 Å². The highest BCUT2D eigenvalue weighted by Crippen LogP contribution is 2.23. The minimum Gasteiger partial charge on any atom is -0.492 e. The number of hydrogen-bond acceptors (Lipinski definition) is 6. The van der Waals surface area contributed by atoms with Crippen molar-refractivity contribution in [2.75, 3.05) is 50.0 Å². The van der Waals surface area contributed by atoms with Crippen LogP contribution in [0.5, 0.6) is 5.75 Å². The summed E-state index contributed by atoms with van der Waals surface area (Å²) in [7, 11) is 0. The molecular weight excluding hydrogens is 328 g/mol. The monoisotopic (exact) mass is 354 g/mol. The highest BCUT2D eigenvalue weighted by atomic mass is 16.5. The van der Waals surface area contributed by atoms with Crippen molar-refractivity contribution in [2.24, 2.45) is 0 Å². The second-order valence-electron chi connectivity index (χ2n) is 6.38. The molecular formula is C20H26N4O2. The van der Waals surface area contributed by atoms with Crippen LogP contribution in [0.4, 0.5) is 11.5 Å². The molecule has 1 saturated heterocycles. The summed E-state index contributed by atoms with van der Waals surface area (Å²) in [6, 6.07) is 11.3. The topological polar surface area (TPSA) is 71.7 Å². The molecule has 1 fully saturated rings. The Balaban J connectivity index is 1.47. The van der Waals surface area contributed by atoms with Crippen LogP contribution in [-0.2, 0) is 0 Å². The zero-order chi connectivity index (χ0) is 18.4. The Hall–Kier alpha value is -2.60. The number of aromatic nitrogens is 1. The molecule has 6 nitrogen and oxygen atoms in total. The molecule has 6 heteroatoms. The van der Waals surface area contributed by atoms with Crippen molar-refractivity contribution in [3.63, 3.8) is 0 Å². The average Bonchev–Trinajstić information content (AvgIpc) is 2.69. The molecule has 1 aliphatic heterocycles. The fraction of sp³-hybridized carbons (Fsp3) is 0.400. The van der Waals surface area contributed by atoms with Crippen LogP contribution in [-0.4, -0.2) is 55.0 Å². The van der Waals surface area contributed by atoms with Gasteiger partial charge in [0.2, 0.25) is 0 Å². The standard InChI is InChI=1S/C20H26N4O2/c1-2-26-19-7-6-16(15-17(19)21)18(25)8-10-23-11-13-24(14-12-23)20-5-3-4-9-22-20/h3-7,9,15H,2,8,10-14,21H2,1H3. The molecule has 2 N–H and O–H groups in total. The Morgan fingerprint density at radius 2 is 2.00 bits per heavy atom. The predicted molar refractivity (Wildman–Crippen MR) is 104 cm³/mol. The van der Waals surface area contributed by atoms with E-state index in [2.05, 4.69) is 14.8 Å². The maximum Gasteiger partial charge on any atom is 0.164 e. The number of Topliss-reactive ketones (excluding diaryl/α,β-unsaturated/α-hetero) is 1. The van der Waals surface area contributed by atoms with Crippen LogP contribution in [0.3, 0.4) is 0 Å². The summed E-state index contributed by atoms with van der Waals surface area (Å²) < 4.78 is 5.42. The normalized spacial score (nSPS) is 15.0. The number of carbonyl (C=O) groups excluding carboxylic acids is 1. The summed E-state index contributed by atoms with van der Waals surface area (Å²) in [5.41, 5.74) is 7.12. The molecule has 0 aliphatic carbocycles. The highest BCUT2D eigenvalue weighted by Gasteiger charge is 2.19. The molecule has 1 aromatic heterocycles. The molecule has 0 unspecified atom stereocenters. The number of ketones is 1. The Morgan fingerprint density at radius 3 is 2.65 bits per heavy atom. The fourth-order valence-electron chi connectivity index (χ4n) is 3.15. The molecule has 2 heterocycles. The molecule has 26 heavy (non-hydrogen) atoms. The van der Waals surface area contributed by atoms with E-state index in [0.717, 1.165) is 38.5 Å². The summed E-state index contributed by atoms with van der Waals surface area (Å²) >= 11 is 0. The van der Waals surface area contributed by atoms with Crippen LogP contribution in [0.2, 0.25) is 0 Å². The second kappa shape index (κ2) is 8.67. The third-order valence-corrected chi connectivity index (χ3v) is 4.63. The number of carbonyl (C=O) groups is 1. The number of nitrogen functional groups attached to an aromatic ring is 1. The fourth-order valence-corrected chi connectivity index (χ4v) is 3.15. The number of pyridine rings is 1. The zero-order valence-corrected chi connectivity index (χ0v) is 15.2. The Kier molecular flexibility index (Phi) is 6.07. The van der Waals surface area contributed by atoms with Gasteiger partial charge in [-0.3, -0.25) is 9.69 Å². The maximum absolute atomic E-state index is 12.5. The van der Waals surface area contributed by atoms with Gasteiger partial charge in [-0.2, -0.15) is 0 Å². The predicted octanol–water partition coefficient (Wildman–Crippen LogP) is 2.46. The molecule has 3 rings (SSSR count). The molecule has 2 aromatic rings. The van der Waals surface area contributed by atoms with Gasteiger partial charge in [0.1, 0.15) is 11.6 Å². The lowest BCUT2D eigenvalue weighted by molar-refractivity contribution is 0.0962. The Bertz CT molecular complexity index is 728. The van der Waals surface area contributed by atoms with Crippen molar-refractivity contribution in [1.29, 1.82) is 0 Å². The maximum atomic E-state index is 12.5. The third-order valence-electron chi connectivity index (χ3n) is 4.63. The van der Waals surface area contributed by atoms with E-state index >= 15 is 0 Å². The van der Waals surface area contributed by atoms with E-state index in [0.29, 0.717) is 30.0 Å². The SMILES string of the molecule is CCOc1ccc(C(=O)CCN2CCN(c3ccccn3)CC2)cc1N. The first kappa shape index (κ1) is 18.2. The summed E-state index contributed by atoms with van der Waals surface area (Å²) in [5.74, 6) is 1.77. The van der Waals surface area contributed by atoms with E-state index in [4.69, 9.17) is 10.5 Å². The lowest BCUT2D eigenvalue weighted by atomic mass is 10.1. The highest BCUT2D eigenvalue weighted by molar-refractivity contribution is 5.97. The number of piperazine rings is 1. The number of hydrogen-bond donors (Lipinski definition) is 1. The van der Waals surface area contributed by atoms with Crippen molar-refractivity contribution in [2.45, 2.75) is 13.3 Å². The van der Waals surface area contributed by atoms with Crippen molar-refractivity contribution < 1.29 is 9.53 Å². The molecule has 0 saturated carbocycles. The van der Waals surface area contributed by atoms with E-state index in [-0.39, 0.29) is 5.78 Å². The van der Waals surface area contributed by atoms with Gasteiger partial charge in [-0.1, -0.05) is 6.07 Å². The molecule has 0 spiro atoms. The van der Waals surface area contributed by atoms with E-state index in [1.54, 1.807) is 18.2 Å². The van der Waals surface area contributed by atoms with Gasteiger partial charge in [0.25, 0.3) is 0 Å². The first-order valence-electron chi connectivity index (χ1n) is 9.11. The molecule has 138 valence electrons. The number of nitrogens with two attached hydrogens (primary N) is 1. The van der Waals surface area contributed by atoms with Gasteiger partial charge >= 0.3 is 0 Å². The first-order valence-corrected chi connectivity index (χ1v) is 9.11. The quantitative estimate of drug-likeness (QED) is 0.608. The lowest BCUT2D eigenvalue weighted by Crippen LogP contribution is -2.47. The van der Waals surface area contributed by atoms with Crippen LogP contribution >= 0.6 is 0 Å². The molecule has 1 aliphatic rings. The Morgan fingerprint density at radius 1 is 1.19 bits per heavy atom. The van der Waals surface area contributed by atoms with Gasteiger partial charge in [-0.25, -0.2) is 4.98 Å². The third kappa shape index (κ3) is 4.52. The van der Waals surface area contributed by atoms with Crippen LogP contribution in [0.25, 0.3) is 0 Å². The number of ether oxygens (including phenoxy) is 1. The van der Waals surface area contributed by atoms with E-state index in [1.807, 2.05) is 31.3 Å². The van der Waals surface area contributed by atoms with Crippen LogP contribution in [0.1, 0.15) is 23.7 Å². The summed E-state index contributed by atoms with van der Waals surface area (Å²) in [5, 5.41) is 0. The van der Waals surface area contributed by atoms with E-state index in [1.165, 1.54) is 0 Å². The van der Waals surface area contributed by atoms with Crippen molar-refractivity contribution in [3.05, 3.63) is 48.2 Å². The minimum atomic E-state index is 0.118. The second-order valence-corrected chi connectivity index (χ2v) is 6.38. The van der Waals surface area contributed by atoms with Gasteiger partial charge in [0.15, 0.2) is 5.78 Å². The van der Waals surface area contributed by atoms with E-state index < -0.39 is 0 Å². The summed E-state index contributed by atoms with van der Waals surface area (Å²) in [4.78, 5) is 21.5. The molecule has 0 bridgehead atoms. The lowest BCUT2D eigenvalue weighted by Gasteiger charge is -2.35. The van der Waals surface area contributed by atoms with Crippen molar-refractivity contribution in [3.8, 4) is 5.75 Å². The van der Waals surface area contributed by atoms with Gasteiger partial charge in [-0.05, 0) is 37.3 Å². The van der Waals surface area contributed by atoms with Crippen molar-refractivity contribution in [1.82, 2.24) is 9.88 Å². The average molecular weight is 354 g/mol. The molecule has 1 aromatic carbocycles. The smallest absolute Gasteiger partial charge is 0.164 e. The largest absolute Gasteiger partial charge is 0.492 e. The van der Waals surface area contributed by atoms with Crippen LogP contribution in [0, 0.1) is 0 Å². The van der Waals surface area contributed by atoms with Gasteiger partial charge in [-0.15, -0.1) is 0 Å². The Labute approximate surface area is 154 Å². The molecule has 0 radical (unpaired) electrons. The van der Waals surface area contributed by atoms with Crippen LogP contribution < -0.4 is 15.4 Å². The summed E-state index contributed by atoms with van der Waals surface area (Å²) in [6.07, 6.45) is 2.32. The van der Waals surface area contributed by atoms with Crippen LogP contribution in [0.15, 0.2) is 42.6 Å². The number of anilines is 2. The number of rotatable bonds is 7. The van der Waals surface area contributed by atoms with Gasteiger partial charge in [0.05, 0.1) is 12.3 Å². The zero-order valence-electron chi connectivity index (χ0n) is 15.2.